The van der Waals surface area contributed by atoms with Crippen LogP contribution in [0.2, 0.25) is 0 Å². The summed E-state index contributed by atoms with van der Waals surface area (Å²) in [4.78, 5) is 5.23. The first-order valence-electron chi connectivity index (χ1n) is 10.0. The van der Waals surface area contributed by atoms with Crippen LogP contribution in [0.15, 0.2) is 84.9 Å². The van der Waals surface area contributed by atoms with E-state index in [-0.39, 0.29) is 0 Å². The smallest absolute Gasteiger partial charge is 0.118 e. The molecule has 0 aliphatic carbocycles. The molecule has 3 aromatic carbocycles. The van der Waals surface area contributed by atoms with Crippen molar-refractivity contribution in [3.8, 4) is 5.75 Å². The highest BCUT2D eigenvalue weighted by molar-refractivity contribution is 5.28. The van der Waals surface area contributed by atoms with Gasteiger partial charge in [0.2, 0.25) is 0 Å². The Morgan fingerprint density at radius 1 is 0.679 bits per heavy atom. The summed E-state index contributed by atoms with van der Waals surface area (Å²) in [5, 5.41) is 0. The Bertz CT molecular complexity index is 799. The number of rotatable bonds is 7. The number of benzene rings is 3. The van der Waals surface area contributed by atoms with E-state index < -0.39 is 0 Å². The highest BCUT2D eigenvalue weighted by Crippen LogP contribution is 2.24. The number of nitrogens with zero attached hydrogens (tertiary/aromatic N) is 2. The molecule has 0 amide bonds. The van der Waals surface area contributed by atoms with Gasteiger partial charge in [0.05, 0.1) is 13.3 Å². The maximum absolute atomic E-state index is 5.32. The van der Waals surface area contributed by atoms with Gasteiger partial charge in [-0.15, -0.1) is 0 Å². The van der Waals surface area contributed by atoms with Crippen LogP contribution >= 0.6 is 0 Å². The second kappa shape index (κ2) is 9.05. The van der Waals surface area contributed by atoms with E-state index in [1.807, 2.05) is 0 Å². The van der Waals surface area contributed by atoms with Crippen molar-refractivity contribution in [1.82, 2.24) is 9.80 Å². The Labute approximate surface area is 168 Å². The first-order chi connectivity index (χ1) is 13.8. The summed E-state index contributed by atoms with van der Waals surface area (Å²) < 4.78 is 5.32. The third-order valence-corrected chi connectivity index (χ3v) is 5.55. The topological polar surface area (TPSA) is 15.7 Å². The molecule has 0 bridgehead atoms. The molecule has 0 spiro atoms. The lowest BCUT2D eigenvalue weighted by atomic mass is 10.1. The number of methoxy groups -OCH3 is 1. The molecular weight excluding hydrogens is 344 g/mol. The largest absolute Gasteiger partial charge is 0.497 e. The maximum Gasteiger partial charge on any atom is 0.118 e. The molecule has 3 aromatic rings. The minimum absolute atomic E-state index is 0.397. The van der Waals surface area contributed by atoms with Crippen molar-refractivity contribution >= 4 is 0 Å². The summed E-state index contributed by atoms with van der Waals surface area (Å²) in [6.45, 7) is 4.19. The number of hydrogen-bond donors (Lipinski definition) is 0. The minimum atomic E-state index is 0.397. The fourth-order valence-electron chi connectivity index (χ4n) is 4.02. The molecule has 0 saturated carbocycles. The second-order valence-electron chi connectivity index (χ2n) is 7.44. The standard InChI is InChI=1S/C25H28N2O/c1-28-24-14-12-21(13-15-24)18-25-26(19-22-8-4-2-5-9-22)16-17-27(25)20-23-10-6-3-7-11-23/h2-15,25H,16-20H2,1H3. The summed E-state index contributed by atoms with van der Waals surface area (Å²) in [5.41, 5.74) is 4.11. The van der Waals surface area contributed by atoms with Crippen molar-refractivity contribution in [1.29, 1.82) is 0 Å². The van der Waals surface area contributed by atoms with Crippen LogP contribution in [0.5, 0.6) is 5.75 Å². The predicted molar refractivity (Wildman–Crippen MR) is 114 cm³/mol. The van der Waals surface area contributed by atoms with Gasteiger partial charge >= 0.3 is 0 Å². The van der Waals surface area contributed by atoms with E-state index in [0.29, 0.717) is 6.17 Å². The summed E-state index contributed by atoms with van der Waals surface area (Å²) in [7, 11) is 1.72. The lowest BCUT2D eigenvalue weighted by Gasteiger charge is -2.31. The molecule has 0 radical (unpaired) electrons. The molecule has 1 saturated heterocycles. The van der Waals surface area contributed by atoms with E-state index in [2.05, 4.69) is 94.7 Å². The van der Waals surface area contributed by atoms with Gasteiger partial charge in [-0.3, -0.25) is 9.80 Å². The number of ether oxygens (including phenoxy) is 1. The first kappa shape index (κ1) is 18.7. The SMILES string of the molecule is COc1ccc(CC2N(Cc3ccccc3)CCN2Cc2ccccc2)cc1. The van der Waals surface area contributed by atoms with E-state index in [1.165, 1.54) is 16.7 Å². The van der Waals surface area contributed by atoms with Gasteiger partial charge in [0, 0.05) is 32.6 Å². The third kappa shape index (κ3) is 4.61. The molecule has 0 atom stereocenters. The quantitative estimate of drug-likeness (QED) is 0.604. The molecule has 0 N–H and O–H groups in total. The average Bonchev–Trinajstić information content (AvgIpc) is 3.11. The van der Waals surface area contributed by atoms with Gasteiger partial charge in [-0.25, -0.2) is 0 Å². The third-order valence-electron chi connectivity index (χ3n) is 5.55. The lowest BCUT2D eigenvalue weighted by Crippen LogP contribution is -2.39. The molecular formula is C25H28N2O. The van der Waals surface area contributed by atoms with Crippen LogP contribution in [-0.4, -0.2) is 36.2 Å². The Morgan fingerprint density at radius 3 is 1.64 bits per heavy atom. The van der Waals surface area contributed by atoms with Crippen LogP contribution in [0, 0.1) is 0 Å². The Morgan fingerprint density at radius 2 is 1.18 bits per heavy atom. The van der Waals surface area contributed by atoms with E-state index in [4.69, 9.17) is 4.74 Å². The zero-order chi connectivity index (χ0) is 19.2. The van der Waals surface area contributed by atoms with Gasteiger partial charge < -0.3 is 4.74 Å². The molecule has 4 rings (SSSR count). The first-order valence-corrected chi connectivity index (χ1v) is 10.0. The summed E-state index contributed by atoms with van der Waals surface area (Å²) in [6, 6.07) is 30.1. The van der Waals surface area contributed by atoms with Gasteiger partial charge in [0.15, 0.2) is 0 Å². The monoisotopic (exact) mass is 372 g/mol. The van der Waals surface area contributed by atoms with Crippen LogP contribution in [0.3, 0.4) is 0 Å². The van der Waals surface area contributed by atoms with Gasteiger partial charge in [0.25, 0.3) is 0 Å². The fraction of sp³-hybridized carbons (Fsp3) is 0.280. The van der Waals surface area contributed by atoms with Crippen molar-refractivity contribution < 1.29 is 4.74 Å². The molecule has 1 heterocycles. The zero-order valence-electron chi connectivity index (χ0n) is 16.5. The molecule has 1 aliphatic rings. The molecule has 1 aliphatic heterocycles. The van der Waals surface area contributed by atoms with Crippen LogP contribution in [0.4, 0.5) is 0 Å². The fourth-order valence-corrected chi connectivity index (χ4v) is 4.02. The van der Waals surface area contributed by atoms with E-state index in [9.17, 15) is 0 Å². The number of hydrogen-bond acceptors (Lipinski definition) is 3. The Hall–Kier alpha value is -2.62. The van der Waals surface area contributed by atoms with Crippen molar-refractivity contribution in [3.63, 3.8) is 0 Å². The maximum atomic E-state index is 5.32. The highest BCUT2D eigenvalue weighted by atomic mass is 16.5. The van der Waals surface area contributed by atoms with Crippen molar-refractivity contribution in [3.05, 3.63) is 102 Å². The second-order valence-corrected chi connectivity index (χ2v) is 7.44. The Kier molecular flexibility index (Phi) is 6.05. The summed E-state index contributed by atoms with van der Waals surface area (Å²) in [5.74, 6) is 0.914. The molecule has 0 aromatic heterocycles. The van der Waals surface area contributed by atoms with Crippen LogP contribution in [-0.2, 0) is 19.5 Å². The molecule has 0 unspecified atom stereocenters. The van der Waals surface area contributed by atoms with E-state index in [0.717, 1.165) is 38.3 Å². The van der Waals surface area contributed by atoms with Crippen molar-refractivity contribution in [2.45, 2.75) is 25.7 Å². The van der Waals surface area contributed by atoms with Gasteiger partial charge in [-0.1, -0.05) is 72.8 Å². The van der Waals surface area contributed by atoms with E-state index in [1.54, 1.807) is 7.11 Å². The molecule has 144 valence electrons. The van der Waals surface area contributed by atoms with Crippen molar-refractivity contribution in [2.24, 2.45) is 0 Å². The summed E-state index contributed by atoms with van der Waals surface area (Å²) in [6.07, 6.45) is 1.41. The average molecular weight is 373 g/mol. The molecule has 3 heteroatoms. The highest BCUT2D eigenvalue weighted by Gasteiger charge is 2.31. The van der Waals surface area contributed by atoms with E-state index >= 15 is 0 Å². The molecule has 1 fully saturated rings. The van der Waals surface area contributed by atoms with Crippen LogP contribution in [0.25, 0.3) is 0 Å². The molecule has 28 heavy (non-hydrogen) atoms. The van der Waals surface area contributed by atoms with Crippen LogP contribution < -0.4 is 4.74 Å². The predicted octanol–water partition coefficient (Wildman–Crippen LogP) is 4.58. The van der Waals surface area contributed by atoms with Crippen LogP contribution in [0.1, 0.15) is 16.7 Å². The Balaban J connectivity index is 1.53. The van der Waals surface area contributed by atoms with Gasteiger partial charge in [0.1, 0.15) is 5.75 Å². The molecule has 3 nitrogen and oxygen atoms in total. The normalized spacial score (nSPS) is 15.8. The minimum Gasteiger partial charge on any atom is -0.497 e. The van der Waals surface area contributed by atoms with Crippen molar-refractivity contribution in [2.75, 3.05) is 20.2 Å². The van der Waals surface area contributed by atoms with Gasteiger partial charge in [-0.05, 0) is 28.8 Å². The zero-order valence-corrected chi connectivity index (χ0v) is 16.5. The van der Waals surface area contributed by atoms with Gasteiger partial charge in [-0.2, -0.15) is 0 Å². The summed E-state index contributed by atoms with van der Waals surface area (Å²) >= 11 is 0. The lowest BCUT2D eigenvalue weighted by molar-refractivity contribution is 0.124.